The van der Waals surface area contributed by atoms with Gasteiger partial charge >= 0.3 is 18.3 Å². The molecule has 51 heavy (non-hydrogen) atoms. The van der Waals surface area contributed by atoms with Crippen molar-refractivity contribution in [2.75, 3.05) is 24.7 Å². The number of benzene rings is 2. The standard InChI is InChI=1S/C35H33F7N4O5/c1-17(2)23-14-20(46-10-11-51-16-27(46)35(40,41)42)15-25(36)29(23)31(47)44-26(33(49)50)13-19-7-8-22(30-21(19)6-5-9-43-30)28-24(34(37,38)39)12-18(3)45(4)32(28)48/h5-9,12,14-15,17,26-27H,10-11,13,16H2,1-4H3,(H,44,47)(H,49,50)/t26-,27+/m0/s1. The number of rotatable bonds is 8. The Morgan fingerprint density at radius 3 is 2.43 bits per heavy atom. The van der Waals surface area contributed by atoms with Crippen LogP contribution in [0.3, 0.4) is 0 Å². The predicted molar refractivity (Wildman–Crippen MR) is 173 cm³/mol. The Hall–Kier alpha value is -4.99. The van der Waals surface area contributed by atoms with E-state index in [2.05, 4.69) is 10.3 Å². The number of carbonyl (C=O) groups is 2. The van der Waals surface area contributed by atoms with Gasteiger partial charge in [0.1, 0.15) is 17.9 Å². The van der Waals surface area contributed by atoms with Crippen molar-refractivity contribution < 1.29 is 50.2 Å². The van der Waals surface area contributed by atoms with Gasteiger partial charge in [0, 0.05) is 48.5 Å². The smallest absolute Gasteiger partial charge is 0.417 e. The quantitative estimate of drug-likeness (QED) is 0.203. The van der Waals surface area contributed by atoms with Crippen LogP contribution in [0.1, 0.15) is 52.5 Å². The van der Waals surface area contributed by atoms with Crippen molar-refractivity contribution in [1.82, 2.24) is 14.9 Å². The van der Waals surface area contributed by atoms with Crippen LogP contribution in [-0.2, 0) is 29.2 Å². The van der Waals surface area contributed by atoms with Crippen molar-refractivity contribution in [2.45, 2.75) is 57.5 Å². The Labute approximate surface area is 286 Å². The molecule has 0 bridgehead atoms. The normalized spacial score (nSPS) is 16.1. The zero-order valence-electron chi connectivity index (χ0n) is 27.7. The number of carboxylic acid groups (broad SMARTS) is 1. The van der Waals surface area contributed by atoms with Crippen LogP contribution in [0.25, 0.3) is 22.0 Å². The number of ether oxygens (including phenoxy) is 1. The third-order valence-corrected chi connectivity index (χ3v) is 8.92. The molecule has 0 aliphatic carbocycles. The van der Waals surface area contributed by atoms with Gasteiger partial charge in [0.15, 0.2) is 0 Å². The van der Waals surface area contributed by atoms with E-state index >= 15 is 4.39 Å². The van der Waals surface area contributed by atoms with Crippen LogP contribution in [0.5, 0.6) is 0 Å². The molecule has 2 atom stereocenters. The summed E-state index contributed by atoms with van der Waals surface area (Å²) in [6, 6.07) is 4.66. The summed E-state index contributed by atoms with van der Waals surface area (Å²) in [7, 11) is 1.33. The summed E-state index contributed by atoms with van der Waals surface area (Å²) in [6.45, 7) is 3.65. The summed E-state index contributed by atoms with van der Waals surface area (Å²) in [6.07, 6.45) is -8.71. The largest absolute Gasteiger partial charge is 0.480 e. The maximum Gasteiger partial charge on any atom is 0.417 e. The van der Waals surface area contributed by atoms with Crippen molar-refractivity contribution >= 4 is 28.5 Å². The van der Waals surface area contributed by atoms with Gasteiger partial charge in [-0.2, -0.15) is 26.3 Å². The van der Waals surface area contributed by atoms with Crippen LogP contribution in [0.15, 0.2) is 53.5 Å². The second-order valence-corrected chi connectivity index (χ2v) is 12.5. The second-order valence-electron chi connectivity index (χ2n) is 12.5. The van der Waals surface area contributed by atoms with E-state index in [0.29, 0.717) is 0 Å². The molecule has 1 aliphatic heterocycles. The Kier molecular flexibility index (Phi) is 10.2. The lowest BCUT2D eigenvalue weighted by Crippen LogP contribution is -2.53. The molecule has 2 N–H and O–H groups in total. The average Bonchev–Trinajstić information content (AvgIpc) is 3.05. The molecule has 0 saturated carbocycles. The molecular formula is C35H33F7N4O5. The van der Waals surface area contributed by atoms with Gasteiger partial charge in [-0.05, 0) is 48.2 Å². The highest BCUT2D eigenvalue weighted by atomic mass is 19.4. The first-order chi connectivity index (χ1) is 23.8. The van der Waals surface area contributed by atoms with Crippen molar-refractivity contribution in [3.05, 3.63) is 92.8 Å². The molecule has 2 aromatic heterocycles. The van der Waals surface area contributed by atoms with Crippen LogP contribution in [0.4, 0.5) is 36.4 Å². The van der Waals surface area contributed by atoms with Crippen LogP contribution in [0, 0.1) is 12.7 Å². The van der Waals surface area contributed by atoms with E-state index in [4.69, 9.17) is 4.74 Å². The molecule has 2 aromatic carbocycles. The number of hydrogen-bond donors (Lipinski definition) is 2. The van der Waals surface area contributed by atoms with Crippen LogP contribution in [0.2, 0.25) is 0 Å². The number of amides is 1. The summed E-state index contributed by atoms with van der Waals surface area (Å²) in [4.78, 5) is 44.4. The number of alkyl halides is 6. The van der Waals surface area contributed by atoms with Gasteiger partial charge in [-0.3, -0.25) is 14.6 Å². The van der Waals surface area contributed by atoms with Crippen molar-refractivity contribution in [1.29, 1.82) is 0 Å². The van der Waals surface area contributed by atoms with Gasteiger partial charge < -0.3 is 24.6 Å². The highest BCUT2D eigenvalue weighted by molar-refractivity contribution is 6.00. The number of fused-ring (bicyclic) bond motifs is 1. The van der Waals surface area contributed by atoms with Crippen LogP contribution < -0.4 is 15.8 Å². The number of aryl methyl sites for hydroxylation is 1. The highest BCUT2D eigenvalue weighted by Crippen LogP contribution is 2.39. The fraction of sp³-hybridized carbons (Fsp3) is 0.371. The summed E-state index contributed by atoms with van der Waals surface area (Å²) in [5.41, 5.74) is -3.23. The van der Waals surface area contributed by atoms with E-state index in [1.807, 2.05) is 0 Å². The average molecular weight is 723 g/mol. The fourth-order valence-corrected chi connectivity index (χ4v) is 6.22. The van der Waals surface area contributed by atoms with Gasteiger partial charge in [-0.1, -0.05) is 32.0 Å². The number of morpholine rings is 1. The molecule has 0 unspecified atom stereocenters. The molecule has 0 spiro atoms. The Morgan fingerprint density at radius 1 is 1.10 bits per heavy atom. The van der Waals surface area contributed by atoms with E-state index < -0.39 is 83.3 Å². The fourth-order valence-electron chi connectivity index (χ4n) is 6.22. The minimum atomic E-state index is -4.89. The molecule has 16 heteroatoms. The van der Waals surface area contributed by atoms with E-state index in [0.717, 1.165) is 21.6 Å². The highest BCUT2D eigenvalue weighted by Gasteiger charge is 2.46. The molecule has 1 aliphatic rings. The number of carbonyl (C=O) groups excluding carboxylic acids is 1. The molecule has 4 aromatic rings. The summed E-state index contributed by atoms with van der Waals surface area (Å²) < 4.78 is 106. The number of nitrogens with zero attached hydrogens (tertiary/aromatic N) is 3. The number of pyridine rings is 2. The molecule has 272 valence electrons. The number of hydrogen-bond acceptors (Lipinski definition) is 6. The molecule has 5 rings (SSSR count). The van der Waals surface area contributed by atoms with Crippen LogP contribution in [-0.4, -0.2) is 64.6 Å². The number of aliphatic carboxylic acids is 1. The molecule has 1 fully saturated rings. The summed E-state index contributed by atoms with van der Waals surface area (Å²) in [5.74, 6) is -4.40. The zero-order chi connectivity index (χ0) is 37.6. The zero-order valence-corrected chi connectivity index (χ0v) is 27.7. The number of carboxylic acids is 1. The van der Waals surface area contributed by atoms with Crippen LogP contribution >= 0.6 is 0 Å². The van der Waals surface area contributed by atoms with Gasteiger partial charge in [-0.15, -0.1) is 0 Å². The first-order valence-electron chi connectivity index (χ1n) is 15.7. The first-order valence-corrected chi connectivity index (χ1v) is 15.7. The number of nitrogens with one attached hydrogen (secondary N) is 1. The maximum atomic E-state index is 15.7. The van der Waals surface area contributed by atoms with E-state index in [9.17, 15) is 45.8 Å². The van der Waals surface area contributed by atoms with Crippen molar-refractivity contribution in [3.8, 4) is 11.1 Å². The van der Waals surface area contributed by atoms with Gasteiger partial charge in [-0.25, -0.2) is 9.18 Å². The van der Waals surface area contributed by atoms with Gasteiger partial charge in [0.05, 0.1) is 35.4 Å². The van der Waals surface area contributed by atoms with Gasteiger partial charge in [0.25, 0.3) is 11.5 Å². The second kappa shape index (κ2) is 14.0. The summed E-state index contributed by atoms with van der Waals surface area (Å²) in [5, 5.41) is 12.6. The topological polar surface area (TPSA) is 114 Å². The maximum absolute atomic E-state index is 15.7. The lowest BCUT2D eigenvalue weighted by atomic mass is 9.92. The lowest BCUT2D eigenvalue weighted by molar-refractivity contribution is -0.167. The molecule has 9 nitrogen and oxygen atoms in total. The monoisotopic (exact) mass is 722 g/mol. The van der Waals surface area contributed by atoms with Crippen molar-refractivity contribution in [3.63, 3.8) is 0 Å². The minimum absolute atomic E-state index is 0.0269. The SMILES string of the molecule is Cc1cc(C(F)(F)F)c(-c2ccc(C[C@H](NC(=O)c3c(F)cc(N4CCOC[C@@H]4C(F)(F)F)cc3C(C)C)C(=O)O)c3cccnc23)c(=O)n1C. The number of halogens is 7. The molecule has 0 radical (unpaired) electrons. The van der Waals surface area contributed by atoms with Gasteiger partial charge in [0.2, 0.25) is 0 Å². The number of anilines is 1. The first kappa shape index (κ1) is 37.3. The third kappa shape index (κ3) is 7.41. The number of aromatic nitrogens is 2. The lowest BCUT2D eigenvalue weighted by Gasteiger charge is -2.38. The third-order valence-electron chi connectivity index (χ3n) is 8.92. The Bertz CT molecular complexity index is 2060. The summed E-state index contributed by atoms with van der Waals surface area (Å²) >= 11 is 0. The molecule has 3 heterocycles. The van der Waals surface area contributed by atoms with E-state index in [1.165, 1.54) is 50.5 Å². The van der Waals surface area contributed by atoms with E-state index in [1.54, 1.807) is 13.8 Å². The Morgan fingerprint density at radius 2 is 1.80 bits per heavy atom. The molecule has 1 amide bonds. The van der Waals surface area contributed by atoms with Crippen molar-refractivity contribution in [2.24, 2.45) is 7.05 Å². The molecule has 1 saturated heterocycles. The predicted octanol–water partition coefficient (Wildman–Crippen LogP) is 6.38. The van der Waals surface area contributed by atoms with E-state index in [-0.39, 0.29) is 52.1 Å². The minimum Gasteiger partial charge on any atom is -0.480 e. The molecular weight excluding hydrogens is 689 g/mol. The Balaban J connectivity index is 1.52.